The van der Waals surface area contributed by atoms with Crippen LogP contribution in [-0.4, -0.2) is 25.2 Å². The second-order valence-electron chi connectivity index (χ2n) is 5.95. The molecule has 4 nitrogen and oxygen atoms in total. The molecule has 128 valence electrons. The van der Waals surface area contributed by atoms with Crippen molar-refractivity contribution in [3.63, 3.8) is 0 Å². The summed E-state index contributed by atoms with van der Waals surface area (Å²) in [6.45, 7) is 4.89. The summed E-state index contributed by atoms with van der Waals surface area (Å²) in [6.07, 6.45) is 1.88. The van der Waals surface area contributed by atoms with Crippen molar-refractivity contribution < 1.29 is 4.79 Å². The Kier molecular flexibility index (Phi) is 4.91. The van der Waals surface area contributed by atoms with Crippen LogP contribution in [0.25, 0.3) is 6.08 Å². The predicted molar refractivity (Wildman–Crippen MR) is 105 cm³/mol. The number of hydrogen-bond acceptors (Lipinski definition) is 3. The molecule has 2 aromatic carbocycles. The minimum Gasteiger partial charge on any atom is -0.375 e. The van der Waals surface area contributed by atoms with E-state index in [0.717, 1.165) is 17.8 Å². The summed E-state index contributed by atoms with van der Waals surface area (Å²) in [4.78, 5) is 14.9. The molecule has 1 aliphatic heterocycles. The number of anilines is 2. The fourth-order valence-corrected chi connectivity index (χ4v) is 2.83. The zero-order chi connectivity index (χ0) is 18.0. The van der Waals surface area contributed by atoms with Gasteiger partial charge in [0.05, 0.1) is 17.0 Å². The topological polar surface area (TPSA) is 35.9 Å². The van der Waals surface area contributed by atoms with Crippen molar-refractivity contribution >= 4 is 40.7 Å². The second kappa shape index (κ2) is 7.11. The Morgan fingerprint density at radius 2 is 1.92 bits per heavy atom. The summed E-state index contributed by atoms with van der Waals surface area (Å²) in [5.41, 5.74) is 4.07. The van der Waals surface area contributed by atoms with Crippen LogP contribution in [-0.2, 0) is 4.79 Å². The van der Waals surface area contributed by atoms with Gasteiger partial charge in [0.15, 0.2) is 0 Å². The van der Waals surface area contributed by atoms with Gasteiger partial charge in [-0.25, -0.2) is 0 Å². The highest BCUT2D eigenvalue weighted by molar-refractivity contribution is 6.33. The predicted octanol–water partition coefficient (Wildman–Crippen LogP) is 4.60. The molecule has 1 amide bonds. The van der Waals surface area contributed by atoms with Gasteiger partial charge in [-0.1, -0.05) is 29.8 Å². The van der Waals surface area contributed by atoms with Crippen molar-refractivity contribution in [1.82, 2.24) is 0 Å². The third-order valence-corrected chi connectivity index (χ3v) is 4.47. The molecule has 0 fully saturated rings. The zero-order valence-corrected chi connectivity index (χ0v) is 15.3. The molecule has 5 heteroatoms. The van der Waals surface area contributed by atoms with Gasteiger partial charge in [-0.2, -0.15) is 10.1 Å². The number of rotatable bonds is 4. The second-order valence-corrected chi connectivity index (χ2v) is 6.38. The van der Waals surface area contributed by atoms with E-state index in [1.165, 1.54) is 5.01 Å². The first-order valence-electron chi connectivity index (χ1n) is 8.18. The van der Waals surface area contributed by atoms with E-state index in [9.17, 15) is 4.79 Å². The van der Waals surface area contributed by atoms with Crippen LogP contribution < -0.4 is 9.91 Å². The third-order valence-electron chi connectivity index (χ3n) is 4.23. The zero-order valence-electron chi connectivity index (χ0n) is 14.5. The quantitative estimate of drug-likeness (QED) is 0.753. The Morgan fingerprint density at radius 1 is 1.20 bits per heavy atom. The summed E-state index contributed by atoms with van der Waals surface area (Å²) in [5.74, 6) is -0.144. The summed E-state index contributed by atoms with van der Waals surface area (Å²) in [5, 5.41) is 6.35. The number of hydrogen-bond donors (Lipinski definition) is 0. The number of hydrazone groups is 1. The largest absolute Gasteiger partial charge is 0.375 e. The first-order valence-corrected chi connectivity index (χ1v) is 8.56. The van der Waals surface area contributed by atoms with Crippen LogP contribution in [0, 0.1) is 0 Å². The minimum absolute atomic E-state index is 0.144. The molecule has 0 spiro atoms. The van der Waals surface area contributed by atoms with E-state index < -0.39 is 0 Å². The number of amides is 1. The van der Waals surface area contributed by atoms with Gasteiger partial charge in [0.25, 0.3) is 5.91 Å². The first-order chi connectivity index (χ1) is 12.0. The number of halogens is 1. The molecule has 0 N–H and O–H groups in total. The molecule has 0 atom stereocenters. The van der Waals surface area contributed by atoms with Crippen LogP contribution in [0.15, 0.2) is 59.2 Å². The molecule has 1 heterocycles. The Balaban J connectivity index is 1.87. The van der Waals surface area contributed by atoms with Crippen molar-refractivity contribution in [2.45, 2.75) is 13.8 Å². The van der Waals surface area contributed by atoms with Crippen LogP contribution in [0.2, 0.25) is 5.02 Å². The number of carbonyl (C=O) groups is 1. The Bertz CT molecular complexity index is 855. The molecule has 0 aromatic heterocycles. The van der Waals surface area contributed by atoms with E-state index in [0.29, 0.717) is 22.0 Å². The molecule has 0 radical (unpaired) electrons. The average Bonchev–Trinajstić information content (AvgIpc) is 2.90. The molecular formula is C20H20ClN3O. The Hall–Kier alpha value is -2.59. The molecule has 1 aliphatic rings. The standard InChI is InChI=1S/C20H20ClN3O/c1-4-23(3)17-10-8-15(9-11-17)12-19-14(2)22-24(20(19)25)18-7-5-6-16(21)13-18/h5-13H,4H2,1-3H3/b19-12+. The molecule has 0 saturated carbocycles. The van der Waals surface area contributed by atoms with Gasteiger partial charge in [0.2, 0.25) is 0 Å². The Morgan fingerprint density at radius 3 is 2.56 bits per heavy atom. The van der Waals surface area contributed by atoms with Gasteiger partial charge < -0.3 is 4.90 Å². The monoisotopic (exact) mass is 353 g/mol. The van der Waals surface area contributed by atoms with Gasteiger partial charge in [0, 0.05) is 24.3 Å². The third kappa shape index (κ3) is 3.59. The molecule has 0 saturated heterocycles. The van der Waals surface area contributed by atoms with Crippen molar-refractivity contribution in [2.75, 3.05) is 23.5 Å². The summed E-state index contributed by atoms with van der Waals surface area (Å²) < 4.78 is 0. The lowest BCUT2D eigenvalue weighted by Gasteiger charge is -2.16. The smallest absolute Gasteiger partial charge is 0.280 e. The number of benzene rings is 2. The van der Waals surface area contributed by atoms with Gasteiger partial charge in [-0.05, 0) is 55.8 Å². The lowest BCUT2D eigenvalue weighted by Crippen LogP contribution is -2.21. The maximum Gasteiger partial charge on any atom is 0.280 e. The normalized spacial score (nSPS) is 15.7. The van der Waals surface area contributed by atoms with Crippen molar-refractivity contribution in [3.8, 4) is 0 Å². The van der Waals surface area contributed by atoms with Gasteiger partial charge in [-0.3, -0.25) is 4.79 Å². The molecular weight excluding hydrogens is 334 g/mol. The summed E-state index contributed by atoms with van der Waals surface area (Å²) in [7, 11) is 2.05. The van der Waals surface area contributed by atoms with Crippen LogP contribution in [0.3, 0.4) is 0 Å². The van der Waals surface area contributed by atoms with Crippen molar-refractivity contribution in [3.05, 3.63) is 64.7 Å². The number of nitrogens with zero attached hydrogens (tertiary/aromatic N) is 3. The van der Waals surface area contributed by atoms with E-state index >= 15 is 0 Å². The van der Waals surface area contributed by atoms with Crippen molar-refractivity contribution in [1.29, 1.82) is 0 Å². The maximum absolute atomic E-state index is 12.7. The van der Waals surface area contributed by atoms with Crippen LogP contribution >= 0.6 is 11.6 Å². The van der Waals surface area contributed by atoms with E-state index in [2.05, 4.69) is 29.1 Å². The molecule has 0 aliphatic carbocycles. The highest BCUT2D eigenvalue weighted by atomic mass is 35.5. The van der Waals surface area contributed by atoms with Gasteiger partial charge >= 0.3 is 0 Å². The van der Waals surface area contributed by atoms with Crippen LogP contribution in [0.1, 0.15) is 19.4 Å². The Labute approximate surface area is 153 Å². The van der Waals surface area contributed by atoms with E-state index in [4.69, 9.17) is 11.6 Å². The highest BCUT2D eigenvalue weighted by Gasteiger charge is 2.28. The van der Waals surface area contributed by atoms with Gasteiger partial charge in [0.1, 0.15) is 0 Å². The van der Waals surface area contributed by atoms with E-state index in [1.54, 1.807) is 18.2 Å². The first kappa shape index (κ1) is 17.2. The molecule has 2 aromatic rings. The molecule has 0 unspecified atom stereocenters. The minimum atomic E-state index is -0.144. The lowest BCUT2D eigenvalue weighted by atomic mass is 10.1. The SMILES string of the molecule is CCN(C)c1ccc(/C=C2/C(=O)N(c3cccc(Cl)c3)N=C2C)cc1. The molecule has 0 bridgehead atoms. The fourth-order valence-electron chi connectivity index (χ4n) is 2.64. The van der Waals surface area contributed by atoms with Crippen LogP contribution in [0.4, 0.5) is 11.4 Å². The van der Waals surface area contributed by atoms with E-state index in [-0.39, 0.29) is 5.91 Å². The number of carbonyl (C=O) groups excluding carboxylic acids is 1. The fraction of sp³-hybridized carbons (Fsp3) is 0.200. The summed E-state index contributed by atoms with van der Waals surface area (Å²) in [6, 6.07) is 15.3. The maximum atomic E-state index is 12.7. The van der Waals surface area contributed by atoms with Gasteiger partial charge in [-0.15, -0.1) is 0 Å². The molecule has 3 rings (SSSR count). The highest BCUT2D eigenvalue weighted by Crippen LogP contribution is 2.27. The lowest BCUT2D eigenvalue weighted by molar-refractivity contribution is -0.114. The van der Waals surface area contributed by atoms with Crippen molar-refractivity contribution in [2.24, 2.45) is 5.10 Å². The molecule has 25 heavy (non-hydrogen) atoms. The van der Waals surface area contributed by atoms with Crippen LogP contribution in [0.5, 0.6) is 0 Å². The summed E-state index contributed by atoms with van der Waals surface area (Å²) >= 11 is 6.02. The van der Waals surface area contributed by atoms with E-state index in [1.807, 2.05) is 38.2 Å². The average molecular weight is 354 g/mol.